The van der Waals surface area contributed by atoms with Gasteiger partial charge in [0, 0.05) is 18.8 Å². The van der Waals surface area contributed by atoms with E-state index >= 15 is 0 Å². The van der Waals surface area contributed by atoms with Crippen molar-refractivity contribution >= 4 is 16.0 Å². The van der Waals surface area contributed by atoms with Crippen molar-refractivity contribution in [3.05, 3.63) is 53.9 Å². The number of pyridine rings is 1. The van der Waals surface area contributed by atoms with Gasteiger partial charge >= 0.3 is 5.97 Å². The van der Waals surface area contributed by atoms with Gasteiger partial charge in [0.15, 0.2) is 0 Å². The van der Waals surface area contributed by atoms with Crippen LogP contribution in [-0.4, -0.2) is 41.6 Å². The van der Waals surface area contributed by atoms with Crippen LogP contribution in [0.5, 0.6) is 0 Å². The van der Waals surface area contributed by atoms with E-state index in [0.717, 1.165) is 0 Å². The number of sulfonamides is 1. The Bertz CT molecular complexity index is 801. The molecule has 0 aliphatic carbocycles. The van der Waals surface area contributed by atoms with Crippen molar-refractivity contribution in [1.82, 2.24) is 9.29 Å². The van der Waals surface area contributed by atoms with Crippen LogP contribution in [0.25, 0.3) is 11.1 Å². The summed E-state index contributed by atoms with van der Waals surface area (Å²) in [5, 5.41) is 9.22. The molecule has 2 aromatic rings. The maximum absolute atomic E-state index is 11.7. The summed E-state index contributed by atoms with van der Waals surface area (Å²) in [4.78, 5) is 15.5. The Hall–Kier alpha value is -2.25. The zero-order chi connectivity index (χ0) is 17.0. The van der Waals surface area contributed by atoms with Gasteiger partial charge in [-0.3, -0.25) is 4.98 Å². The van der Waals surface area contributed by atoms with Crippen molar-refractivity contribution in [2.24, 2.45) is 0 Å². The quantitative estimate of drug-likeness (QED) is 0.875. The summed E-state index contributed by atoms with van der Waals surface area (Å²) < 4.78 is 24.7. The van der Waals surface area contributed by atoms with Crippen LogP contribution in [0, 0.1) is 0 Å². The largest absolute Gasteiger partial charge is 0.478 e. The van der Waals surface area contributed by atoms with E-state index in [1.54, 1.807) is 43.5 Å². The van der Waals surface area contributed by atoms with E-state index in [2.05, 4.69) is 4.98 Å². The number of nitrogens with zero attached hydrogens (tertiary/aromatic N) is 2. The highest BCUT2D eigenvalue weighted by Gasteiger charge is 2.16. The maximum atomic E-state index is 11.7. The van der Waals surface area contributed by atoms with E-state index in [1.807, 2.05) is 0 Å². The molecule has 1 heterocycles. The van der Waals surface area contributed by atoms with Crippen molar-refractivity contribution < 1.29 is 18.3 Å². The standard InChI is InChI=1S/C16H18N2O4S/c1-3-23(21,22)18(2)11-13-9-8-12(10-17-13)14-6-4-5-7-15(14)16(19)20/h4-10H,3,11H2,1-2H3,(H,19,20). The predicted octanol–water partition coefficient (Wildman–Crippen LogP) is 2.23. The molecular weight excluding hydrogens is 316 g/mol. The van der Waals surface area contributed by atoms with E-state index < -0.39 is 16.0 Å². The number of hydrogen-bond donors (Lipinski definition) is 1. The molecule has 0 spiro atoms. The summed E-state index contributed by atoms with van der Waals surface area (Å²) in [7, 11) is -1.75. The molecular formula is C16H18N2O4S. The molecule has 6 nitrogen and oxygen atoms in total. The van der Waals surface area contributed by atoms with Gasteiger partial charge in [-0.15, -0.1) is 0 Å². The first-order valence-corrected chi connectivity index (χ1v) is 8.67. The lowest BCUT2D eigenvalue weighted by molar-refractivity contribution is 0.0697. The number of carbonyl (C=O) groups is 1. The molecule has 1 aromatic heterocycles. The third kappa shape index (κ3) is 3.94. The Kier molecular flexibility index (Phi) is 5.12. The third-order valence-electron chi connectivity index (χ3n) is 3.52. The predicted molar refractivity (Wildman–Crippen MR) is 87.6 cm³/mol. The topological polar surface area (TPSA) is 87.6 Å². The molecule has 2 rings (SSSR count). The molecule has 7 heteroatoms. The number of carboxylic acid groups (broad SMARTS) is 1. The Morgan fingerprint density at radius 2 is 1.91 bits per heavy atom. The minimum Gasteiger partial charge on any atom is -0.478 e. The van der Waals surface area contributed by atoms with Gasteiger partial charge in [0.2, 0.25) is 10.0 Å². The highest BCUT2D eigenvalue weighted by Crippen LogP contribution is 2.23. The van der Waals surface area contributed by atoms with Crippen molar-refractivity contribution in [2.75, 3.05) is 12.8 Å². The molecule has 0 aliphatic heterocycles. The summed E-state index contributed by atoms with van der Waals surface area (Å²) >= 11 is 0. The highest BCUT2D eigenvalue weighted by atomic mass is 32.2. The second-order valence-electron chi connectivity index (χ2n) is 5.05. The van der Waals surface area contributed by atoms with Gasteiger partial charge in [0.25, 0.3) is 0 Å². The first kappa shape index (κ1) is 17.1. The summed E-state index contributed by atoms with van der Waals surface area (Å²) in [5.74, 6) is -0.966. The lowest BCUT2D eigenvalue weighted by atomic mass is 10.0. The second kappa shape index (κ2) is 6.89. The summed E-state index contributed by atoms with van der Waals surface area (Å²) in [6.07, 6.45) is 1.56. The Labute approximate surface area is 135 Å². The molecule has 1 N–H and O–H groups in total. The van der Waals surface area contributed by atoms with Crippen LogP contribution < -0.4 is 0 Å². The van der Waals surface area contributed by atoms with Crippen LogP contribution in [0.1, 0.15) is 23.0 Å². The number of hydrogen-bond acceptors (Lipinski definition) is 4. The number of rotatable bonds is 6. The minimum absolute atomic E-state index is 0.0353. The Balaban J connectivity index is 2.26. The Morgan fingerprint density at radius 1 is 1.22 bits per heavy atom. The smallest absolute Gasteiger partial charge is 0.336 e. The molecule has 1 aromatic carbocycles. The van der Waals surface area contributed by atoms with E-state index in [4.69, 9.17) is 0 Å². The van der Waals surface area contributed by atoms with Gasteiger partial charge in [0.05, 0.1) is 23.6 Å². The monoisotopic (exact) mass is 334 g/mol. The van der Waals surface area contributed by atoms with Gasteiger partial charge in [0.1, 0.15) is 0 Å². The van der Waals surface area contributed by atoms with Gasteiger partial charge in [-0.2, -0.15) is 4.31 Å². The van der Waals surface area contributed by atoms with Gasteiger partial charge in [-0.25, -0.2) is 13.2 Å². The number of aromatic nitrogens is 1. The maximum Gasteiger partial charge on any atom is 0.336 e. The molecule has 0 saturated heterocycles. The third-order valence-corrected chi connectivity index (χ3v) is 5.33. The molecule has 0 radical (unpaired) electrons. The van der Waals surface area contributed by atoms with Gasteiger partial charge in [-0.1, -0.05) is 24.3 Å². The van der Waals surface area contributed by atoms with E-state index in [0.29, 0.717) is 16.8 Å². The molecule has 0 atom stereocenters. The molecule has 0 amide bonds. The highest BCUT2D eigenvalue weighted by molar-refractivity contribution is 7.89. The molecule has 0 unspecified atom stereocenters. The van der Waals surface area contributed by atoms with Crippen LogP contribution in [0.2, 0.25) is 0 Å². The SMILES string of the molecule is CCS(=O)(=O)N(C)Cc1ccc(-c2ccccc2C(=O)O)cn1. The Morgan fingerprint density at radius 3 is 2.48 bits per heavy atom. The number of benzene rings is 1. The second-order valence-corrected chi connectivity index (χ2v) is 7.41. The minimum atomic E-state index is -3.26. The van der Waals surface area contributed by atoms with Gasteiger partial charge < -0.3 is 5.11 Å². The average molecular weight is 334 g/mol. The summed E-state index contributed by atoms with van der Waals surface area (Å²) in [6, 6.07) is 10.1. The number of aromatic carboxylic acids is 1. The van der Waals surface area contributed by atoms with Crippen LogP contribution in [0.15, 0.2) is 42.6 Å². The van der Waals surface area contributed by atoms with Crippen LogP contribution in [0.3, 0.4) is 0 Å². The first-order valence-electron chi connectivity index (χ1n) is 7.06. The first-order chi connectivity index (χ1) is 10.8. The summed E-state index contributed by atoms with van der Waals surface area (Å²) in [6.45, 7) is 1.77. The zero-order valence-electron chi connectivity index (χ0n) is 12.9. The normalized spacial score (nSPS) is 11.6. The van der Waals surface area contributed by atoms with E-state index in [1.165, 1.54) is 17.4 Å². The fraction of sp³-hybridized carbons (Fsp3) is 0.250. The molecule has 23 heavy (non-hydrogen) atoms. The molecule has 0 saturated carbocycles. The van der Waals surface area contributed by atoms with Crippen LogP contribution >= 0.6 is 0 Å². The average Bonchev–Trinajstić information content (AvgIpc) is 2.55. The number of carboxylic acids is 1. The van der Waals surface area contributed by atoms with E-state index in [9.17, 15) is 18.3 Å². The molecule has 0 aliphatic rings. The summed E-state index contributed by atoms with van der Waals surface area (Å²) in [5.41, 5.74) is 2.05. The lowest BCUT2D eigenvalue weighted by Crippen LogP contribution is -2.28. The fourth-order valence-electron chi connectivity index (χ4n) is 2.15. The van der Waals surface area contributed by atoms with Crippen LogP contribution in [-0.2, 0) is 16.6 Å². The van der Waals surface area contributed by atoms with Crippen LogP contribution in [0.4, 0.5) is 0 Å². The van der Waals surface area contributed by atoms with Crippen molar-refractivity contribution in [3.63, 3.8) is 0 Å². The zero-order valence-corrected chi connectivity index (χ0v) is 13.7. The molecule has 0 bridgehead atoms. The molecule has 0 fully saturated rings. The lowest BCUT2D eigenvalue weighted by Gasteiger charge is -2.15. The van der Waals surface area contributed by atoms with Crippen molar-refractivity contribution in [3.8, 4) is 11.1 Å². The van der Waals surface area contributed by atoms with Gasteiger partial charge in [-0.05, 0) is 24.6 Å². The molecule has 122 valence electrons. The van der Waals surface area contributed by atoms with Crippen molar-refractivity contribution in [1.29, 1.82) is 0 Å². The van der Waals surface area contributed by atoms with E-state index in [-0.39, 0.29) is 17.9 Å². The van der Waals surface area contributed by atoms with Crippen molar-refractivity contribution in [2.45, 2.75) is 13.5 Å². The fourth-order valence-corrected chi connectivity index (χ4v) is 2.92.